The van der Waals surface area contributed by atoms with Gasteiger partial charge in [0.25, 0.3) is 0 Å². The summed E-state index contributed by atoms with van der Waals surface area (Å²) in [5, 5.41) is 4.44. The van der Waals surface area contributed by atoms with Gasteiger partial charge in [0.05, 0.1) is 25.2 Å². The monoisotopic (exact) mass is 401 g/mol. The number of hydrogen-bond acceptors (Lipinski definition) is 6. The van der Waals surface area contributed by atoms with E-state index >= 15 is 0 Å². The van der Waals surface area contributed by atoms with Gasteiger partial charge in [-0.1, -0.05) is 6.07 Å². The van der Waals surface area contributed by atoms with Gasteiger partial charge in [0.2, 0.25) is 11.8 Å². The lowest BCUT2D eigenvalue weighted by atomic mass is 10.0. The first-order valence-electron chi connectivity index (χ1n) is 10.1. The van der Waals surface area contributed by atoms with Crippen LogP contribution >= 0.6 is 0 Å². The number of nitrogens with one attached hydrogen (secondary N) is 2. The summed E-state index contributed by atoms with van der Waals surface area (Å²) < 4.78 is 11.2. The number of H-pyrrole nitrogens is 1. The summed E-state index contributed by atoms with van der Waals surface area (Å²) in [4.78, 5) is 16.7. The molecule has 1 aliphatic heterocycles. The normalized spacial score (nSPS) is 16.5. The van der Waals surface area contributed by atoms with Crippen LogP contribution < -0.4 is 14.8 Å². The first kappa shape index (κ1) is 18.6. The van der Waals surface area contributed by atoms with Crippen LogP contribution in [-0.2, 0) is 0 Å². The minimum atomic E-state index is 0.139. The lowest BCUT2D eigenvalue weighted by molar-refractivity contribution is 0.160. The number of hydrogen-bond donors (Lipinski definition) is 2. The number of aromatic amines is 1. The first-order chi connectivity index (χ1) is 14.8. The quantitative estimate of drug-likeness (QED) is 0.529. The molecule has 4 aromatic rings. The zero-order valence-corrected chi connectivity index (χ0v) is 16.8. The fraction of sp³-hybridized carbons (Fsp3) is 0.261. The summed E-state index contributed by atoms with van der Waals surface area (Å²) >= 11 is 0. The van der Waals surface area contributed by atoms with Gasteiger partial charge >= 0.3 is 0 Å². The largest absolute Gasteiger partial charge is 0.481 e. The second-order valence-electron chi connectivity index (χ2n) is 7.38. The predicted molar refractivity (Wildman–Crippen MR) is 116 cm³/mol. The van der Waals surface area contributed by atoms with Gasteiger partial charge in [0, 0.05) is 47.0 Å². The molecule has 4 heterocycles. The molecular formula is C23H23N5O2. The molecule has 0 saturated carbocycles. The summed E-state index contributed by atoms with van der Waals surface area (Å²) in [5.41, 5.74) is 4.92. The molecule has 7 heteroatoms. The number of aromatic nitrogens is 4. The van der Waals surface area contributed by atoms with Crippen molar-refractivity contribution in [2.24, 2.45) is 0 Å². The maximum absolute atomic E-state index is 6.05. The molecule has 0 radical (unpaired) electrons. The minimum Gasteiger partial charge on any atom is -0.481 e. The molecule has 152 valence electrons. The van der Waals surface area contributed by atoms with Gasteiger partial charge in [-0.3, -0.25) is 4.98 Å². The topological polar surface area (TPSA) is 85.0 Å². The third-order valence-corrected chi connectivity index (χ3v) is 5.39. The van der Waals surface area contributed by atoms with Crippen molar-refractivity contribution in [1.82, 2.24) is 25.3 Å². The van der Waals surface area contributed by atoms with Gasteiger partial charge in [-0.05, 0) is 43.1 Å². The molecule has 0 spiro atoms. The van der Waals surface area contributed by atoms with E-state index in [0.29, 0.717) is 11.8 Å². The van der Waals surface area contributed by atoms with Crippen LogP contribution in [0.1, 0.15) is 12.8 Å². The molecule has 1 fully saturated rings. The van der Waals surface area contributed by atoms with Crippen LogP contribution in [0.4, 0.5) is 0 Å². The summed E-state index contributed by atoms with van der Waals surface area (Å²) in [6.07, 6.45) is 9.53. The van der Waals surface area contributed by atoms with Crippen molar-refractivity contribution < 1.29 is 9.47 Å². The SMILES string of the molecule is COc1ccc(-c2ccc3[nH]cc(-c4cncc(O[C@@H]5CCCNC5)n4)c3c2)cn1. The number of rotatable bonds is 5. The van der Waals surface area contributed by atoms with Crippen LogP contribution in [0.15, 0.2) is 55.1 Å². The van der Waals surface area contributed by atoms with E-state index in [9.17, 15) is 0 Å². The first-order valence-corrected chi connectivity index (χ1v) is 10.1. The molecule has 2 N–H and O–H groups in total. The average molecular weight is 401 g/mol. The van der Waals surface area contributed by atoms with Crippen LogP contribution in [0.5, 0.6) is 11.8 Å². The highest BCUT2D eigenvalue weighted by molar-refractivity contribution is 5.97. The van der Waals surface area contributed by atoms with Crippen molar-refractivity contribution in [3.05, 3.63) is 55.1 Å². The summed E-state index contributed by atoms with van der Waals surface area (Å²) in [6.45, 7) is 1.89. The van der Waals surface area contributed by atoms with E-state index in [1.54, 1.807) is 19.5 Å². The van der Waals surface area contributed by atoms with Crippen molar-refractivity contribution in [2.45, 2.75) is 18.9 Å². The van der Waals surface area contributed by atoms with Gasteiger partial charge in [0.15, 0.2) is 0 Å². The lowest BCUT2D eigenvalue weighted by Gasteiger charge is -2.23. The molecule has 0 aliphatic carbocycles. The molecule has 1 aromatic carbocycles. The number of pyridine rings is 1. The van der Waals surface area contributed by atoms with E-state index in [-0.39, 0.29) is 6.10 Å². The molecule has 0 unspecified atom stereocenters. The molecule has 30 heavy (non-hydrogen) atoms. The minimum absolute atomic E-state index is 0.139. The summed E-state index contributed by atoms with van der Waals surface area (Å²) in [5.74, 6) is 1.16. The molecule has 3 aromatic heterocycles. The molecular weight excluding hydrogens is 378 g/mol. The van der Waals surface area contributed by atoms with Crippen LogP contribution in [-0.4, -0.2) is 46.2 Å². The van der Waals surface area contributed by atoms with E-state index in [4.69, 9.17) is 14.5 Å². The number of methoxy groups -OCH3 is 1. The van der Waals surface area contributed by atoms with Crippen LogP contribution in [0.25, 0.3) is 33.3 Å². The Hall–Kier alpha value is -3.45. The highest BCUT2D eigenvalue weighted by Gasteiger charge is 2.16. The van der Waals surface area contributed by atoms with E-state index in [0.717, 1.165) is 59.2 Å². The molecule has 0 amide bonds. The van der Waals surface area contributed by atoms with Crippen molar-refractivity contribution in [3.63, 3.8) is 0 Å². The van der Waals surface area contributed by atoms with Crippen LogP contribution in [0, 0.1) is 0 Å². The average Bonchev–Trinajstić information content (AvgIpc) is 3.23. The highest BCUT2D eigenvalue weighted by Crippen LogP contribution is 2.32. The Morgan fingerprint density at radius 1 is 1.03 bits per heavy atom. The Kier molecular flexibility index (Phi) is 5.03. The molecule has 1 atom stereocenters. The second kappa shape index (κ2) is 8.12. The molecule has 1 saturated heterocycles. The van der Waals surface area contributed by atoms with Crippen molar-refractivity contribution >= 4 is 10.9 Å². The van der Waals surface area contributed by atoms with Gasteiger partial charge in [0.1, 0.15) is 6.10 Å². The fourth-order valence-corrected chi connectivity index (χ4v) is 3.81. The van der Waals surface area contributed by atoms with Crippen LogP contribution in [0.3, 0.4) is 0 Å². The summed E-state index contributed by atoms with van der Waals surface area (Å²) in [6, 6.07) is 10.2. The van der Waals surface area contributed by atoms with Crippen molar-refractivity contribution in [2.75, 3.05) is 20.2 Å². The number of fused-ring (bicyclic) bond motifs is 1. The molecule has 0 bridgehead atoms. The molecule has 1 aliphatic rings. The van der Waals surface area contributed by atoms with E-state index < -0.39 is 0 Å². The van der Waals surface area contributed by atoms with Crippen molar-refractivity contribution in [3.8, 4) is 34.1 Å². The molecule has 5 rings (SSSR count). The fourth-order valence-electron chi connectivity index (χ4n) is 3.81. The third-order valence-electron chi connectivity index (χ3n) is 5.39. The van der Waals surface area contributed by atoms with Gasteiger partial charge in [-0.15, -0.1) is 0 Å². The number of nitrogens with zero attached hydrogens (tertiary/aromatic N) is 3. The van der Waals surface area contributed by atoms with Gasteiger partial charge in [-0.25, -0.2) is 9.97 Å². The Morgan fingerprint density at radius 2 is 1.97 bits per heavy atom. The smallest absolute Gasteiger partial charge is 0.233 e. The van der Waals surface area contributed by atoms with E-state index in [2.05, 4.69) is 38.5 Å². The maximum Gasteiger partial charge on any atom is 0.233 e. The zero-order valence-electron chi connectivity index (χ0n) is 16.8. The second-order valence-corrected chi connectivity index (χ2v) is 7.38. The van der Waals surface area contributed by atoms with Crippen molar-refractivity contribution in [1.29, 1.82) is 0 Å². The Bertz CT molecular complexity index is 1150. The van der Waals surface area contributed by atoms with Crippen LogP contribution in [0.2, 0.25) is 0 Å². The highest BCUT2D eigenvalue weighted by atomic mass is 16.5. The summed E-state index contributed by atoms with van der Waals surface area (Å²) in [7, 11) is 1.61. The van der Waals surface area contributed by atoms with Gasteiger partial charge in [-0.2, -0.15) is 0 Å². The standard InChI is InChI=1S/C23H23N5O2/c1-29-22-7-5-16(10-27-22)15-4-6-20-18(9-15)19(12-26-20)21-13-25-14-23(28-21)30-17-3-2-8-24-11-17/h4-7,9-10,12-14,17,24,26H,2-3,8,11H2,1H3/t17-/m1/s1. The predicted octanol–water partition coefficient (Wildman–Crippen LogP) is 3.83. The number of benzene rings is 1. The third kappa shape index (κ3) is 3.71. The van der Waals surface area contributed by atoms with E-state index in [1.165, 1.54) is 0 Å². The zero-order chi connectivity index (χ0) is 20.3. The molecule has 7 nitrogen and oxygen atoms in total. The Labute approximate surface area is 174 Å². The Balaban J connectivity index is 1.47. The maximum atomic E-state index is 6.05. The Morgan fingerprint density at radius 3 is 2.77 bits per heavy atom. The lowest BCUT2D eigenvalue weighted by Crippen LogP contribution is -2.37. The number of ether oxygens (including phenoxy) is 2. The van der Waals surface area contributed by atoms with Gasteiger partial charge < -0.3 is 19.8 Å². The van der Waals surface area contributed by atoms with E-state index in [1.807, 2.05) is 24.5 Å². The number of piperidine rings is 1.